The third-order valence-electron chi connectivity index (χ3n) is 5.19. The lowest BCUT2D eigenvalue weighted by atomic mass is 10.0. The molecular weight excluding hydrogens is 401 g/mol. The van der Waals surface area contributed by atoms with Gasteiger partial charge in [-0.25, -0.2) is 9.02 Å². The first kappa shape index (κ1) is 21.0. The van der Waals surface area contributed by atoms with E-state index in [1.807, 2.05) is 24.3 Å². The molecule has 8 heteroatoms. The van der Waals surface area contributed by atoms with Gasteiger partial charge in [0.05, 0.1) is 19.6 Å². The number of carbonyl (C=O) groups is 1. The number of fused-ring (bicyclic) bond motifs is 3. The van der Waals surface area contributed by atoms with Crippen LogP contribution in [0.25, 0.3) is 0 Å². The van der Waals surface area contributed by atoms with Gasteiger partial charge in [0.2, 0.25) is 5.91 Å². The molecule has 2 aromatic carbocycles. The Balaban J connectivity index is 1.57. The third-order valence-corrected chi connectivity index (χ3v) is 5.19. The Morgan fingerprint density at radius 3 is 2.81 bits per heavy atom. The van der Waals surface area contributed by atoms with E-state index in [9.17, 15) is 9.18 Å². The lowest BCUT2D eigenvalue weighted by Gasteiger charge is -2.23. The first-order valence-corrected chi connectivity index (χ1v) is 10.2. The normalized spacial score (nSPS) is 15.0. The van der Waals surface area contributed by atoms with Crippen molar-refractivity contribution in [2.24, 2.45) is 0 Å². The summed E-state index contributed by atoms with van der Waals surface area (Å²) in [5.41, 5.74) is 3.92. The van der Waals surface area contributed by atoms with Crippen LogP contribution in [0.2, 0.25) is 0 Å². The van der Waals surface area contributed by atoms with E-state index in [4.69, 9.17) is 14.1 Å². The van der Waals surface area contributed by atoms with Gasteiger partial charge in [0, 0.05) is 25.1 Å². The number of ether oxygens (including phenoxy) is 2. The summed E-state index contributed by atoms with van der Waals surface area (Å²) in [5, 5.41) is 7.56. The van der Waals surface area contributed by atoms with Crippen molar-refractivity contribution < 1.29 is 23.3 Å². The van der Waals surface area contributed by atoms with Crippen LogP contribution in [0.4, 0.5) is 4.39 Å². The van der Waals surface area contributed by atoms with Gasteiger partial charge in [-0.2, -0.15) is 0 Å². The maximum absolute atomic E-state index is 13.8. The maximum atomic E-state index is 13.8. The third kappa shape index (κ3) is 5.46. The molecule has 7 nitrogen and oxygen atoms in total. The van der Waals surface area contributed by atoms with Crippen molar-refractivity contribution in [2.75, 3.05) is 26.4 Å². The fourth-order valence-electron chi connectivity index (χ4n) is 3.55. The van der Waals surface area contributed by atoms with Gasteiger partial charge < -0.3 is 14.4 Å². The van der Waals surface area contributed by atoms with Gasteiger partial charge >= 0.3 is 0 Å². The second kappa shape index (κ2) is 9.70. The number of amides is 1. The number of aryl methyl sites for hydroxylation is 1. The second-order valence-electron chi connectivity index (χ2n) is 7.50. The van der Waals surface area contributed by atoms with Crippen molar-refractivity contribution >= 4 is 5.91 Å². The highest BCUT2D eigenvalue weighted by Crippen LogP contribution is 2.24. The molecule has 0 fully saturated rings. The van der Waals surface area contributed by atoms with Gasteiger partial charge in [0.25, 0.3) is 0 Å². The lowest BCUT2D eigenvalue weighted by molar-refractivity contribution is -0.132. The van der Waals surface area contributed by atoms with E-state index in [-0.39, 0.29) is 18.1 Å². The predicted octanol–water partition coefficient (Wildman–Crippen LogP) is 3.09. The molecule has 1 aromatic heterocycles. The Kier molecular flexibility index (Phi) is 6.57. The Labute approximate surface area is 179 Å². The molecule has 0 saturated carbocycles. The summed E-state index contributed by atoms with van der Waals surface area (Å²) >= 11 is 0. The maximum Gasteiger partial charge on any atom is 0.229 e. The number of carbonyl (C=O) groups excluding carboxylic acids is 1. The first-order chi connectivity index (χ1) is 15.1. The molecule has 3 aromatic rings. The summed E-state index contributed by atoms with van der Waals surface area (Å²) in [6, 6.07) is 12.5. The summed E-state index contributed by atoms with van der Waals surface area (Å²) in [6.07, 6.45) is 0.643. The van der Waals surface area contributed by atoms with E-state index in [0.717, 1.165) is 16.7 Å². The minimum atomic E-state index is -0.301. The minimum absolute atomic E-state index is 0.0800. The lowest BCUT2D eigenvalue weighted by Crippen LogP contribution is -2.35. The summed E-state index contributed by atoms with van der Waals surface area (Å²) in [5.74, 6) is 0.273. The molecule has 162 valence electrons. The van der Waals surface area contributed by atoms with Crippen LogP contribution >= 0.6 is 0 Å². The fraction of sp³-hybridized carbons (Fsp3) is 0.348. The van der Waals surface area contributed by atoms with Gasteiger partial charge in [-0.05, 0) is 36.2 Å². The molecule has 4 rings (SSSR count). The van der Waals surface area contributed by atoms with E-state index in [0.29, 0.717) is 56.5 Å². The highest BCUT2D eigenvalue weighted by atomic mass is 19.1. The zero-order valence-electron chi connectivity index (χ0n) is 17.3. The molecular formula is C23H24FN3O4. The molecule has 0 radical (unpaired) electrons. The van der Waals surface area contributed by atoms with Crippen molar-refractivity contribution in [3.8, 4) is 5.75 Å². The van der Waals surface area contributed by atoms with Crippen molar-refractivity contribution in [3.63, 3.8) is 0 Å². The molecule has 0 saturated heterocycles. The summed E-state index contributed by atoms with van der Waals surface area (Å²) in [4.78, 5) is 14.7. The Hall–Kier alpha value is -3.26. The zero-order chi connectivity index (χ0) is 21.6. The van der Waals surface area contributed by atoms with Crippen LogP contribution in [0.1, 0.15) is 28.1 Å². The van der Waals surface area contributed by atoms with Gasteiger partial charge in [0.15, 0.2) is 0 Å². The summed E-state index contributed by atoms with van der Waals surface area (Å²) in [7, 11) is 0. The first-order valence-electron chi connectivity index (χ1n) is 10.2. The van der Waals surface area contributed by atoms with E-state index >= 15 is 0 Å². The molecule has 0 atom stereocenters. The minimum Gasteiger partial charge on any atom is -0.491 e. The summed E-state index contributed by atoms with van der Waals surface area (Å²) < 4.78 is 30.0. The molecule has 2 heterocycles. The number of nitrogens with zero attached hydrogens (tertiary/aromatic N) is 3. The zero-order valence-corrected chi connectivity index (χ0v) is 17.3. The smallest absolute Gasteiger partial charge is 0.229 e. The van der Waals surface area contributed by atoms with Crippen molar-refractivity contribution in [3.05, 3.63) is 76.4 Å². The molecule has 0 N–H and O–H groups in total. The van der Waals surface area contributed by atoms with Crippen LogP contribution in [-0.2, 0) is 28.9 Å². The van der Waals surface area contributed by atoms with Gasteiger partial charge in [-0.15, -0.1) is 0 Å². The molecule has 31 heavy (non-hydrogen) atoms. The number of hydrogen-bond acceptors (Lipinski definition) is 6. The van der Waals surface area contributed by atoms with E-state index in [1.54, 1.807) is 17.9 Å². The van der Waals surface area contributed by atoms with Crippen LogP contribution in [0, 0.1) is 12.7 Å². The summed E-state index contributed by atoms with van der Waals surface area (Å²) in [6.45, 7) is 3.73. The van der Waals surface area contributed by atoms with Crippen LogP contribution < -0.4 is 4.74 Å². The number of hydrogen-bond donors (Lipinski definition) is 0. The van der Waals surface area contributed by atoms with Crippen molar-refractivity contribution in [2.45, 2.75) is 26.3 Å². The van der Waals surface area contributed by atoms with Crippen molar-refractivity contribution in [1.82, 2.24) is 15.2 Å². The highest BCUT2D eigenvalue weighted by Gasteiger charge is 2.19. The van der Waals surface area contributed by atoms with Crippen LogP contribution in [0.3, 0.4) is 0 Å². The van der Waals surface area contributed by atoms with E-state index < -0.39 is 0 Å². The molecule has 1 aliphatic rings. The number of rotatable bonds is 2. The topological polar surface area (TPSA) is 77.7 Å². The predicted molar refractivity (Wildman–Crippen MR) is 110 cm³/mol. The molecule has 1 aliphatic heterocycles. The van der Waals surface area contributed by atoms with Crippen molar-refractivity contribution in [1.29, 1.82) is 0 Å². The molecule has 1 amide bonds. The SMILES string of the molecule is Cc1nonc1CC(=O)N1CCOCCOc2ccc(F)cc2Cc2cccc(c2)C1. The standard InChI is InChI=1S/C23H24FN3O4/c1-16-21(26-31-25-16)14-23(28)27-7-8-29-9-10-30-22-6-5-20(24)13-19(22)12-17-3-2-4-18(11-17)15-27/h2-6,11,13H,7-10,12,14-15H2,1H3. The van der Waals surface area contributed by atoms with Gasteiger partial charge in [-0.3, -0.25) is 4.79 Å². The second-order valence-corrected chi connectivity index (χ2v) is 7.50. The van der Waals surface area contributed by atoms with Crippen LogP contribution in [-0.4, -0.2) is 47.5 Å². The number of aromatic nitrogens is 2. The van der Waals surface area contributed by atoms with E-state index in [2.05, 4.69) is 10.3 Å². The number of halogens is 1. The molecule has 2 bridgehead atoms. The molecule has 0 aliphatic carbocycles. The van der Waals surface area contributed by atoms with Gasteiger partial charge in [0.1, 0.15) is 29.6 Å². The quantitative estimate of drug-likeness (QED) is 0.628. The molecule has 0 spiro atoms. The van der Waals surface area contributed by atoms with Crippen LogP contribution in [0.5, 0.6) is 5.75 Å². The van der Waals surface area contributed by atoms with Gasteiger partial charge in [-0.1, -0.05) is 34.6 Å². The largest absolute Gasteiger partial charge is 0.491 e. The monoisotopic (exact) mass is 425 g/mol. The highest BCUT2D eigenvalue weighted by molar-refractivity contribution is 5.78. The Bertz CT molecular complexity index is 1050. The van der Waals surface area contributed by atoms with Crippen LogP contribution in [0.15, 0.2) is 47.1 Å². The Morgan fingerprint density at radius 2 is 1.97 bits per heavy atom. The van der Waals surface area contributed by atoms with E-state index in [1.165, 1.54) is 12.1 Å². The Morgan fingerprint density at radius 1 is 1.10 bits per heavy atom. The fourth-order valence-corrected chi connectivity index (χ4v) is 3.55. The number of benzene rings is 2. The average Bonchev–Trinajstić information content (AvgIpc) is 3.15. The molecule has 0 unspecified atom stereocenters. The average molecular weight is 425 g/mol.